The van der Waals surface area contributed by atoms with Crippen molar-refractivity contribution >= 4 is 34.6 Å². The topological polar surface area (TPSA) is 106 Å². The van der Waals surface area contributed by atoms with Gasteiger partial charge < -0.3 is 16.4 Å². The summed E-state index contributed by atoms with van der Waals surface area (Å²) in [6, 6.07) is 10.9. The van der Waals surface area contributed by atoms with Crippen LogP contribution >= 0.6 is 0 Å². The Kier molecular flexibility index (Phi) is 4.56. The number of hydrogen-bond donors (Lipinski definition) is 3. The van der Waals surface area contributed by atoms with Gasteiger partial charge in [0.2, 0.25) is 0 Å². The SMILES string of the molecule is CC(=O)c1cccc(Nc2ncnc(Nc3cc(C)ccn3)c2N)c1. The zero-order valence-corrected chi connectivity index (χ0v) is 13.9. The second kappa shape index (κ2) is 6.96. The summed E-state index contributed by atoms with van der Waals surface area (Å²) in [4.78, 5) is 24.1. The van der Waals surface area contributed by atoms with Gasteiger partial charge in [0.05, 0.1) is 0 Å². The Labute approximate surface area is 145 Å². The van der Waals surface area contributed by atoms with E-state index in [2.05, 4.69) is 25.6 Å². The van der Waals surface area contributed by atoms with E-state index in [0.717, 1.165) is 11.3 Å². The molecule has 0 aliphatic carbocycles. The zero-order chi connectivity index (χ0) is 17.8. The molecule has 0 saturated carbocycles. The van der Waals surface area contributed by atoms with Crippen LogP contribution in [-0.4, -0.2) is 20.7 Å². The van der Waals surface area contributed by atoms with Crippen LogP contribution in [0.1, 0.15) is 22.8 Å². The fraction of sp³-hybridized carbons (Fsp3) is 0.111. The number of carbonyl (C=O) groups is 1. The number of nitrogens with one attached hydrogen (secondary N) is 2. The van der Waals surface area contributed by atoms with Crippen molar-refractivity contribution in [2.24, 2.45) is 0 Å². The molecule has 0 aliphatic heterocycles. The predicted octanol–water partition coefficient (Wildman–Crippen LogP) is 3.45. The van der Waals surface area contributed by atoms with Crippen LogP contribution < -0.4 is 16.4 Å². The summed E-state index contributed by atoms with van der Waals surface area (Å²) in [5.41, 5.74) is 8.94. The van der Waals surface area contributed by atoms with Crippen LogP contribution in [0.25, 0.3) is 0 Å². The minimum atomic E-state index is -0.00723. The lowest BCUT2D eigenvalue weighted by atomic mass is 10.1. The molecule has 3 rings (SSSR count). The Bertz CT molecular complexity index is 925. The van der Waals surface area contributed by atoms with Crippen LogP contribution in [0.3, 0.4) is 0 Å². The lowest BCUT2D eigenvalue weighted by Crippen LogP contribution is -2.06. The van der Waals surface area contributed by atoms with Crippen molar-refractivity contribution in [3.8, 4) is 0 Å². The van der Waals surface area contributed by atoms with E-state index in [4.69, 9.17) is 5.73 Å². The quantitative estimate of drug-likeness (QED) is 0.614. The number of pyridine rings is 1. The first kappa shape index (κ1) is 16.4. The highest BCUT2D eigenvalue weighted by atomic mass is 16.1. The van der Waals surface area contributed by atoms with Gasteiger partial charge in [-0.25, -0.2) is 15.0 Å². The standard InChI is InChI=1S/C18H18N6O/c1-11-6-7-20-15(8-11)24-18-16(19)17(21-10-22-18)23-14-5-3-4-13(9-14)12(2)25/h3-10H,19H2,1-2H3,(H2,20,21,22,23,24). The van der Waals surface area contributed by atoms with Crippen molar-refractivity contribution in [3.05, 3.63) is 60.0 Å². The maximum atomic E-state index is 11.5. The number of benzene rings is 1. The highest BCUT2D eigenvalue weighted by Gasteiger charge is 2.10. The summed E-state index contributed by atoms with van der Waals surface area (Å²) in [5, 5.41) is 6.20. The molecule has 0 saturated heterocycles. The van der Waals surface area contributed by atoms with E-state index in [9.17, 15) is 4.79 Å². The normalized spacial score (nSPS) is 10.3. The molecule has 25 heavy (non-hydrogen) atoms. The number of nitrogen functional groups attached to an aromatic ring is 1. The number of rotatable bonds is 5. The highest BCUT2D eigenvalue weighted by Crippen LogP contribution is 2.28. The number of hydrogen-bond acceptors (Lipinski definition) is 7. The van der Waals surface area contributed by atoms with Gasteiger partial charge in [0.25, 0.3) is 0 Å². The third kappa shape index (κ3) is 3.89. The number of aryl methyl sites for hydroxylation is 1. The van der Waals surface area contributed by atoms with E-state index in [0.29, 0.717) is 28.7 Å². The van der Waals surface area contributed by atoms with Crippen LogP contribution in [0, 0.1) is 6.92 Å². The molecular weight excluding hydrogens is 316 g/mol. The van der Waals surface area contributed by atoms with E-state index in [-0.39, 0.29) is 5.78 Å². The fourth-order valence-electron chi connectivity index (χ4n) is 2.27. The van der Waals surface area contributed by atoms with Crippen LogP contribution in [0.15, 0.2) is 48.9 Å². The molecule has 1 aromatic carbocycles. The number of ketones is 1. The molecular formula is C18H18N6O. The van der Waals surface area contributed by atoms with Gasteiger partial charge in [0.15, 0.2) is 17.4 Å². The van der Waals surface area contributed by atoms with Crippen molar-refractivity contribution in [2.75, 3.05) is 16.4 Å². The molecule has 0 atom stereocenters. The molecule has 0 radical (unpaired) electrons. The molecule has 0 aliphatic rings. The number of aromatic nitrogens is 3. The molecule has 2 aromatic heterocycles. The minimum Gasteiger partial charge on any atom is -0.393 e. The van der Waals surface area contributed by atoms with Crippen molar-refractivity contribution in [1.82, 2.24) is 15.0 Å². The first-order valence-electron chi connectivity index (χ1n) is 7.71. The van der Waals surface area contributed by atoms with E-state index in [1.165, 1.54) is 13.3 Å². The van der Waals surface area contributed by atoms with Gasteiger partial charge in [0, 0.05) is 17.4 Å². The second-order valence-electron chi connectivity index (χ2n) is 5.59. The van der Waals surface area contributed by atoms with Crippen LogP contribution in [0.2, 0.25) is 0 Å². The highest BCUT2D eigenvalue weighted by molar-refractivity contribution is 5.95. The van der Waals surface area contributed by atoms with Gasteiger partial charge in [-0.05, 0) is 43.7 Å². The van der Waals surface area contributed by atoms with Crippen molar-refractivity contribution in [1.29, 1.82) is 0 Å². The molecule has 2 heterocycles. The summed E-state index contributed by atoms with van der Waals surface area (Å²) in [7, 11) is 0. The average Bonchev–Trinajstić information content (AvgIpc) is 2.59. The number of anilines is 5. The Morgan fingerprint density at radius 1 is 1.04 bits per heavy atom. The van der Waals surface area contributed by atoms with E-state index in [1.807, 2.05) is 25.1 Å². The van der Waals surface area contributed by atoms with Crippen molar-refractivity contribution in [3.63, 3.8) is 0 Å². The largest absolute Gasteiger partial charge is 0.393 e. The van der Waals surface area contributed by atoms with Gasteiger partial charge >= 0.3 is 0 Å². The minimum absolute atomic E-state index is 0.00723. The van der Waals surface area contributed by atoms with Gasteiger partial charge in [-0.1, -0.05) is 12.1 Å². The van der Waals surface area contributed by atoms with Crippen LogP contribution in [-0.2, 0) is 0 Å². The van der Waals surface area contributed by atoms with Gasteiger partial charge in [-0.3, -0.25) is 4.79 Å². The molecule has 4 N–H and O–H groups in total. The molecule has 126 valence electrons. The van der Waals surface area contributed by atoms with Gasteiger partial charge in [-0.2, -0.15) is 0 Å². The smallest absolute Gasteiger partial charge is 0.160 e. The van der Waals surface area contributed by atoms with E-state index < -0.39 is 0 Å². The summed E-state index contributed by atoms with van der Waals surface area (Å²) < 4.78 is 0. The molecule has 0 spiro atoms. The summed E-state index contributed by atoms with van der Waals surface area (Å²) in [5.74, 6) is 1.55. The second-order valence-corrected chi connectivity index (χ2v) is 5.59. The maximum Gasteiger partial charge on any atom is 0.160 e. The summed E-state index contributed by atoms with van der Waals surface area (Å²) in [6.45, 7) is 3.50. The number of Topliss-reactive ketones (excluding diaryl/α,β-unsaturated/α-hetero) is 1. The lowest BCUT2D eigenvalue weighted by Gasteiger charge is -2.12. The third-order valence-corrected chi connectivity index (χ3v) is 3.58. The van der Waals surface area contributed by atoms with E-state index in [1.54, 1.807) is 24.4 Å². The predicted molar refractivity (Wildman–Crippen MR) is 98.4 cm³/mol. The molecule has 7 heteroatoms. The summed E-state index contributed by atoms with van der Waals surface area (Å²) >= 11 is 0. The monoisotopic (exact) mass is 334 g/mol. The third-order valence-electron chi connectivity index (χ3n) is 3.58. The first-order valence-corrected chi connectivity index (χ1v) is 7.71. The van der Waals surface area contributed by atoms with Gasteiger partial charge in [0.1, 0.15) is 17.8 Å². The molecule has 0 fully saturated rings. The fourth-order valence-corrected chi connectivity index (χ4v) is 2.27. The first-order chi connectivity index (χ1) is 12.0. The van der Waals surface area contributed by atoms with Crippen molar-refractivity contribution in [2.45, 2.75) is 13.8 Å². The Morgan fingerprint density at radius 3 is 2.52 bits per heavy atom. The zero-order valence-electron chi connectivity index (χ0n) is 13.9. The van der Waals surface area contributed by atoms with Crippen LogP contribution in [0.5, 0.6) is 0 Å². The molecule has 0 unspecified atom stereocenters. The number of carbonyl (C=O) groups excluding carboxylic acids is 1. The number of nitrogens with zero attached hydrogens (tertiary/aromatic N) is 3. The lowest BCUT2D eigenvalue weighted by molar-refractivity contribution is 0.101. The molecule has 3 aromatic rings. The molecule has 7 nitrogen and oxygen atoms in total. The average molecular weight is 334 g/mol. The Hall–Kier alpha value is -3.48. The summed E-state index contributed by atoms with van der Waals surface area (Å²) in [6.07, 6.45) is 3.12. The van der Waals surface area contributed by atoms with Crippen molar-refractivity contribution < 1.29 is 4.79 Å². The molecule has 0 amide bonds. The maximum absolute atomic E-state index is 11.5. The van der Waals surface area contributed by atoms with E-state index >= 15 is 0 Å². The Balaban J connectivity index is 1.86. The Morgan fingerprint density at radius 2 is 1.80 bits per heavy atom. The van der Waals surface area contributed by atoms with Crippen LogP contribution in [0.4, 0.5) is 28.8 Å². The number of nitrogens with two attached hydrogens (primary N) is 1. The molecule has 0 bridgehead atoms. The van der Waals surface area contributed by atoms with Gasteiger partial charge in [-0.15, -0.1) is 0 Å².